The summed E-state index contributed by atoms with van der Waals surface area (Å²) in [4.78, 5) is 8.18. The van der Waals surface area contributed by atoms with Crippen molar-refractivity contribution in [2.75, 3.05) is 13.1 Å². The molecule has 2 aromatic rings. The molecule has 2 heterocycles. The van der Waals surface area contributed by atoms with E-state index < -0.39 is 11.7 Å². The largest absolute Gasteiger partial charge is 0.486 e. The Kier molecular flexibility index (Phi) is 3.98. The molecule has 1 aromatic heterocycles. The van der Waals surface area contributed by atoms with Crippen molar-refractivity contribution in [1.29, 1.82) is 0 Å². The fourth-order valence-electron chi connectivity index (χ4n) is 2.28. The molecule has 0 amide bonds. The minimum atomic E-state index is -4.38. The van der Waals surface area contributed by atoms with Crippen molar-refractivity contribution in [1.82, 2.24) is 15.3 Å². The predicted molar refractivity (Wildman–Crippen MR) is 74.4 cm³/mol. The highest BCUT2D eigenvalue weighted by Gasteiger charge is 2.30. The van der Waals surface area contributed by atoms with Gasteiger partial charge in [-0.2, -0.15) is 13.2 Å². The third kappa shape index (κ3) is 3.36. The van der Waals surface area contributed by atoms with Crippen LogP contribution < -0.4 is 10.1 Å². The van der Waals surface area contributed by atoms with Gasteiger partial charge in [-0.15, -0.1) is 0 Å². The Hall–Kier alpha value is -2.15. The second kappa shape index (κ2) is 5.92. The molecule has 116 valence electrons. The maximum Gasteiger partial charge on any atom is 0.416 e. The Labute approximate surface area is 125 Å². The Bertz CT molecular complexity index is 637. The predicted octanol–water partition coefficient (Wildman–Crippen LogP) is 2.90. The molecule has 4 nitrogen and oxygen atoms in total. The van der Waals surface area contributed by atoms with Gasteiger partial charge in [0.05, 0.1) is 18.0 Å². The van der Waals surface area contributed by atoms with E-state index in [0.717, 1.165) is 31.6 Å². The minimum absolute atomic E-state index is 0.0861. The lowest BCUT2D eigenvalue weighted by atomic mass is 10.1. The van der Waals surface area contributed by atoms with E-state index in [1.165, 1.54) is 18.5 Å². The average Bonchev–Trinajstić information content (AvgIpc) is 3.00. The fraction of sp³-hybridized carbons (Fsp3) is 0.333. The van der Waals surface area contributed by atoms with E-state index in [-0.39, 0.29) is 11.9 Å². The number of nitrogens with zero attached hydrogens (tertiary/aromatic N) is 2. The third-order valence-corrected chi connectivity index (χ3v) is 3.39. The van der Waals surface area contributed by atoms with Gasteiger partial charge < -0.3 is 10.1 Å². The van der Waals surface area contributed by atoms with Crippen LogP contribution in [0.2, 0.25) is 0 Å². The molecule has 1 atom stereocenters. The van der Waals surface area contributed by atoms with Crippen molar-refractivity contribution in [3.63, 3.8) is 0 Å². The number of alkyl halides is 3. The van der Waals surface area contributed by atoms with E-state index in [4.69, 9.17) is 4.74 Å². The smallest absolute Gasteiger partial charge is 0.416 e. The molecule has 1 aromatic carbocycles. The summed E-state index contributed by atoms with van der Waals surface area (Å²) in [5.41, 5.74) is -0.394. The third-order valence-electron chi connectivity index (χ3n) is 3.39. The standard InChI is InChI=1S/C15H14F3N3O/c16-15(17,18)11-3-1-2-10(6-11)14-20-8-13(9-21-14)22-12-4-5-19-7-12/h1-3,6,8-9,12,19H,4-5,7H2. The number of nitrogens with one attached hydrogen (secondary N) is 1. The summed E-state index contributed by atoms with van der Waals surface area (Å²) in [5.74, 6) is 0.757. The molecule has 0 bridgehead atoms. The monoisotopic (exact) mass is 309 g/mol. The molecule has 0 radical (unpaired) electrons. The molecule has 1 saturated heterocycles. The Morgan fingerprint density at radius 2 is 1.95 bits per heavy atom. The van der Waals surface area contributed by atoms with Crippen LogP contribution in [-0.2, 0) is 6.18 Å². The summed E-state index contributed by atoms with van der Waals surface area (Å²) in [5, 5.41) is 3.18. The van der Waals surface area contributed by atoms with Gasteiger partial charge in [-0.05, 0) is 25.1 Å². The summed E-state index contributed by atoms with van der Waals surface area (Å²) in [6, 6.07) is 4.95. The van der Waals surface area contributed by atoms with Crippen molar-refractivity contribution in [3.05, 3.63) is 42.2 Å². The lowest BCUT2D eigenvalue weighted by Crippen LogP contribution is -2.19. The molecular formula is C15H14F3N3O. The highest BCUT2D eigenvalue weighted by molar-refractivity contribution is 5.56. The second-order valence-corrected chi connectivity index (χ2v) is 5.05. The van der Waals surface area contributed by atoms with E-state index >= 15 is 0 Å². The molecule has 1 unspecified atom stereocenters. The van der Waals surface area contributed by atoms with Gasteiger partial charge in [0.15, 0.2) is 11.6 Å². The molecule has 22 heavy (non-hydrogen) atoms. The van der Waals surface area contributed by atoms with Crippen LogP contribution in [0.3, 0.4) is 0 Å². The van der Waals surface area contributed by atoms with Crippen LogP contribution in [0, 0.1) is 0 Å². The van der Waals surface area contributed by atoms with Gasteiger partial charge in [0.2, 0.25) is 0 Å². The number of benzene rings is 1. The Balaban J connectivity index is 1.77. The first-order chi connectivity index (χ1) is 10.5. The maximum absolute atomic E-state index is 12.7. The molecule has 0 aliphatic carbocycles. The highest BCUT2D eigenvalue weighted by atomic mass is 19.4. The second-order valence-electron chi connectivity index (χ2n) is 5.05. The van der Waals surface area contributed by atoms with Gasteiger partial charge in [0.1, 0.15) is 6.10 Å². The van der Waals surface area contributed by atoms with Gasteiger partial charge >= 0.3 is 6.18 Å². The molecule has 3 rings (SSSR count). The van der Waals surface area contributed by atoms with Crippen molar-refractivity contribution >= 4 is 0 Å². The normalized spacial score (nSPS) is 18.4. The Morgan fingerprint density at radius 3 is 2.59 bits per heavy atom. The number of ether oxygens (including phenoxy) is 1. The first-order valence-corrected chi connectivity index (χ1v) is 6.89. The topological polar surface area (TPSA) is 47.0 Å². The number of hydrogen-bond donors (Lipinski definition) is 1. The zero-order valence-corrected chi connectivity index (χ0v) is 11.6. The number of aromatic nitrogens is 2. The molecule has 1 fully saturated rings. The number of halogens is 3. The zero-order valence-electron chi connectivity index (χ0n) is 11.6. The first kappa shape index (κ1) is 14.8. The van der Waals surface area contributed by atoms with Crippen LogP contribution in [0.5, 0.6) is 5.75 Å². The van der Waals surface area contributed by atoms with Crippen molar-refractivity contribution < 1.29 is 17.9 Å². The van der Waals surface area contributed by atoms with Gasteiger partial charge in [-0.3, -0.25) is 0 Å². The van der Waals surface area contributed by atoms with Crippen LogP contribution in [0.25, 0.3) is 11.4 Å². The minimum Gasteiger partial charge on any atom is -0.486 e. The van der Waals surface area contributed by atoms with Crippen LogP contribution in [0.15, 0.2) is 36.7 Å². The van der Waals surface area contributed by atoms with Crippen molar-refractivity contribution in [2.45, 2.75) is 18.7 Å². The Morgan fingerprint density at radius 1 is 1.18 bits per heavy atom. The van der Waals surface area contributed by atoms with Crippen LogP contribution in [0.1, 0.15) is 12.0 Å². The van der Waals surface area contributed by atoms with Gasteiger partial charge in [-0.1, -0.05) is 12.1 Å². The van der Waals surface area contributed by atoms with E-state index in [1.54, 1.807) is 6.07 Å². The van der Waals surface area contributed by atoms with Gasteiger partial charge in [0, 0.05) is 12.1 Å². The summed E-state index contributed by atoms with van der Waals surface area (Å²) < 4.78 is 43.8. The van der Waals surface area contributed by atoms with Crippen molar-refractivity contribution in [2.24, 2.45) is 0 Å². The van der Waals surface area contributed by atoms with Crippen LogP contribution >= 0.6 is 0 Å². The zero-order chi connectivity index (χ0) is 15.6. The maximum atomic E-state index is 12.7. The summed E-state index contributed by atoms with van der Waals surface area (Å²) in [7, 11) is 0. The van der Waals surface area contributed by atoms with E-state index in [2.05, 4.69) is 15.3 Å². The van der Waals surface area contributed by atoms with E-state index in [1.807, 2.05) is 0 Å². The molecule has 7 heteroatoms. The van der Waals surface area contributed by atoms with Gasteiger partial charge in [0.25, 0.3) is 0 Å². The van der Waals surface area contributed by atoms with Gasteiger partial charge in [-0.25, -0.2) is 9.97 Å². The fourth-order valence-corrected chi connectivity index (χ4v) is 2.28. The van der Waals surface area contributed by atoms with E-state index in [9.17, 15) is 13.2 Å². The molecule has 0 saturated carbocycles. The number of rotatable bonds is 3. The highest BCUT2D eigenvalue weighted by Crippen LogP contribution is 2.31. The van der Waals surface area contributed by atoms with Crippen LogP contribution in [0.4, 0.5) is 13.2 Å². The lowest BCUT2D eigenvalue weighted by molar-refractivity contribution is -0.137. The lowest BCUT2D eigenvalue weighted by Gasteiger charge is -2.12. The quantitative estimate of drug-likeness (QED) is 0.947. The number of hydrogen-bond acceptors (Lipinski definition) is 4. The average molecular weight is 309 g/mol. The van der Waals surface area contributed by atoms with E-state index in [0.29, 0.717) is 11.3 Å². The van der Waals surface area contributed by atoms with Crippen molar-refractivity contribution in [3.8, 4) is 17.1 Å². The van der Waals surface area contributed by atoms with Crippen LogP contribution in [-0.4, -0.2) is 29.2 Å². The first-order valence-electron chi connectivity index (χ1n) is 6.89. The SMILES string of the molecule is FC(F)(F)c1cccc(-c2ncc(OC3CCNC3)cn2)c1. The molecule has 1 N–H and O–H groups in total. The molecular weight excluding hydrogens is 295 g/mol. The molecule has 1 aliphatic heterocycles. The summed E-state index contributed by atoms with van der Waals surface area (Å²) >= 11 is 0. The summed E-state index contributed by atoms with van der Waals surface area (Å²) in [6.45, 7) is 1.68. The summed E-state index contributed by atoms with van der Waals surface area (Å²) in [6.07, 6.45) is -0.408. The molecule has 0 spiro atoms. The molecule has 1 aliphatic rings.